The maximum Gasteiger partial charge on any atom is 0.268 e. The predicted octanol–water partition coefficient (Wildman–Crippen LogP) is 0.738. The molecular formula is C8H9FN2O. The van der Waals surface area contributed by atoms with Crippen LogP contribution in [0.5, 0.6) is 0 Å². The van der Waals surface area contributed by atoms with E-state index in [1.54, 1.807) is 13.0 Å². The van der Waals surface area contributed by atoms with Gasteiger partial charge in [0, 0.05) is 0 Å². The Bertz CT molecular complexity index is 312. The summed E-state index contributed by atoms with van der Waals surface area (Å²) in [6.07, 6.45) is 0. The van der Waals surface area contributed by atoms with Gasteiger partial charge >= 0.3 is 0 Å². The summed E-state index contributed by atoms with van der Waals surface area (Å²) in [7, 11) is 0. The minimum absolute atomic E-state index is 0.0388. The molecule has 0 aliphatic carbocycles. The number of nitrogen functional groups attached to an aromatic ring is 1. The number of hydrogen-bond acceptors (Lipinski definition) is 2. The van der Waals surface area contributed by atoms with Crippen LogP contribution in [0.3, 0.4) is 0 Å². The van der Waals surface area contributed by atoms with Crippen molar-refractivity contribution in [2.45, 2.75) is 6.92 Å². The standard InChI is InChI=1S/C8H9FN2O/c1-5-2-3-6(7(9)4-5)8(12)11-10/h2-4H,10H2,1H3,(H,11,12). The lowest BCUT2D eigenvalue weighted by atomic mass is 10.1. The highest BCUT2D eigenvalue weighted by Gasteiger charge is 2.08. The van der Waals surface area contributed by atoms with Crippen molar-refractivity contribution in [3.05, 3.63) is 35.1 Å². The quantitative estimate of drug-likeness (QED) is 0.369. The van der Waals surface area contributed by atoms with Crippen molar-refractivity contribution in [1.29, 1.82) is 0 Å². The van der Waals surface area contributed by atoms with E-state index in [1.807, 2.05) is 5.43 Å². The minimum Gasteiger partial charge on any atom is -0.290 e. The molecule has 0 radical (unpaired) electrons. The predicted molar refractivity (Wildman–Crippen MR) is 42.8 cm³/mol. The summed E-state index contributed by atoms with van der Waals surface area (Å²) in [5.41, 5.74) is 2.59. The van der Waals surface area contributed by atoms with Crippen LogP contribution >= 0.6 is 0 Å². The van der Waals surface area contributed by atoms with Gasteiger partial charge in [0.25, 0.3) is 5.91 Å². The summed E-state index contributed by atoms with van der Waals surface area (Å²) < 4.78 is 13.0. The molecule has 0 saturated heterocycles. The van der Waals surface area contributed by atoms with Crippen LogP contribution in [0.15, 0.2) is 18.2 Å². The van der Waals surface area contributed by atoms with E-state index >= 15 is 0 Å². The summed E-state index contributed by atoms with van der Waals surface area (Å²) >= 11 is 0. The summed E-state index contributed by atoms with van der Waals surface area (Å²) in [6.45, 7) is 1.74. The Kier molecular flexibility index (Phi) is 2.40. The third-order valence-electron chi connectivity index (χ3n) is 1.50. The number of benzene rings is 1. The average Bonchev–Trinajstić information content (AvgIpc) is 2.03. The van der Waals surface area contributed by atoms with Crippen molar-refractivity contribution in [3.8, 4) is 0 Å². The zero-order chi connectivity index (χ0) is 9.14. The Morgan fingerprint density at radius 2 is 2.25 bits per heavy atom. The number of hydrazine groups is 1. The van der Waals surface area contributed by atoms with Crippen molar-refractivity contribution in [3.63, 3.8) is 0 Å². The van der Waals surface area contributed by atoms with E-state index in [0.29, 0.717) is 0 Å². The molecule has 1 amide bonds. The molecule has 64 valence electrons. The zero-order valence-electron chi connectivity index (χ0n) is 6.60. The molecule has 0 spiro atoms. The molecule has 4 heteroatoms. The lowest BCUT2D eigenvalue weighted by Crippen LogP contribution is -2.30. The van der Waals surface area contributed by atoms with Gasteiger partial charge in [-0.1, -0.05) is 6.07 Å². The number of amides is 1. The van der Waals surface area contributed by atoms with Gasteiger partial charge in [-0.15, -0.1) is 0 Å². The van der Waals surface area contributed by atoms with E-state index in [1.165, 1.54) is 12.1 Å². The van der Waals surface area contributed by atoms with Crippen molar-refractivity contribution in [2.24, 2.45) is 5.84 Å². The van der Waals surface area contributed by atoms with Gasteiger partial charge in [0.1, 0.15) is 5.82 Å². The molecular weight excluding hydrogens is 159 g/mol. The van der Waals surface area contributed by atoms with Gasteiger partial charge in [-0.05, 0) is 24.6 Å². The van der Waals surface area contributed by atoms with Crippen LogP contribution in [0.25, 0.3) is 0 Å². The molecule has 0 aliphatic rings. The van der Waals surface area contributed by atoms with Crippen LogP contribution in [-0.2, 0) is 0 Å². The Morgan fingerprint density at radius 3 is 2.75 bits per heavy atom. The van der Waals surface area contributed by atoms with E-state index in [-0.39, 0.29) is 5.56 Å². The van der Waals surface area contributed by atoms with Gasteiger partial charge in [-0.2, -0.15) is 0 Å². The number of halogens is 1. The van der Waals surface area contributed by atoms with E-state index in [4.69, 9.17) is 5.84 Å². The molecule has 0 unspecified atom stereocenters. The Morgan fingerprint density at radius 1 is 1.58 bits per heavy atom. The highest BCUT2D eigenvalue weighted by atomic mass is 19.1. The topological polar surface area (TPSA) is 55.1 Å². The Labute approximate surface area is 69.3 Å². The van der Waals surface area contributed by atoms with Crippen LogP contribution in [0, 0.1) is 12.7 Å². The smallest absolute Gasteiger partial charge is 0.268 e. The zero-order valence-corrected chi connectivity index (χ0v) is 6.60. The van der Waals surface area contributed by atoms with Crippen LogP contribution in [-0.4, -0.2) is 5.91 Å². The van der Waals surface area contributed by atoms with Gasteiger partial charge < -0.3 is 0 Å². The molecule has 0 atom stereocenters. The molecule has 0 saturated carbocycles. The number of rotatable bonds is 1. The number of hydrogen-bond donors (Lipinski definition) is 2. The fourth-order valence-corrected chi connectivity index (χ4v) is 0.882. The number of carbonyl (C=O) groups is 1. The largest absolute Gasteiger partial charge is 0.290 e. The van der Waals surface area contributed by atoms with E-state index in [2.05, 4.69) is 0 Å². The first kappa shape index (κ1) is 8.67. The second-order valence-corrected chi connectivity index (χ2v) is 2.46. The second-order valence-electron chi connectivity index (χ2n) is 2.46. The molecule has 0 aliphatic heterocycles. The van der Waals surface area contributed by atoms with Crippen LogP contribution in [0.1, 0.15) is 15.9 Å². The second kappa shape index (κ2) is 3.32. The maximum atomic E-state index is 13.0. The van der Waals surface area contributed by atoms with Gasteiger partial charge in [-0.25, -0.2) is 10.2 Å². The van der Waals surface area contributed by atoms with Crippen LogP contribution in [0.2, 0.25) is 0 Å². The normalized spacial score (nSPS) is 9.58. The number of nitrogens with one attached hydrogen (secondary N) is 1. The lowest BCUT2D eigenvalue weighted by Gasteiger charge is -2.01. The molecule has 0 fully saturated rings. The molecule has 0 bridgehead atoms. The van der Waals surface area contributed by atoms with Crippen LogP contribution in [0.4, 0.5) is 4.39 Å². The fourth-order valence-electron chi connectivity index (χ4n) is 0.882. The molecule has 0 aromatic heterocycles. The molecule has 1 rings (SSSR count). The van der Waals surface area contributed by atoms with E-state index in [9.17, 15) is 9.18 Å². The Balaban J connectivity index is 3.09. The maximum absolute atomic E-state index is 13.0. The highest BCUT2D eigenvalue weighted by molar-refractivity contribution is 5.94. The summed E-state index contributed by atoms with van der Waals surface area (Å²) in [6, 6.07) is 4.32. The average molecular weight is 168 g/mol. The van der Waals surface area contributed by atoms with Gasteiger partial charge in [0.15, 0.2) is 0 Å². The minimum atomic E-state index is -0.618. The monoisotopic (exact) mass is 168 g/mol. The van der Waals surface area contributed by atoms with Gasteiger partial charge in [0.05, 0.1) is 5.56 Å². The first-order valence-electron chi connectivity index (χ1n) is 3.42. The first-order chi connectivity index (χ1) is 5.65. The van der Waals surface area contributed by atoms with E-state index < -0.39 is 11.7 Å². The number of carbonyl (C=O) groups excluding carboxylic acids is 1. The van der Waals surface area contributed by atoms with Crippen molar-refractivity contribution in [1.82, 2.24) is 5.43 Å². The molecule has 1 aromatic rings. The third kappa shape index (κ3) is 1.60. The van der Waals surface area contributed by atoms with Crippen molar-refractivity contribution in [2.75, 3.05) is 0 Å². The molecule has 0 heterocycles. The summed E-state index contributed by atoms with van der Waals surface area (Å²) in [5, 5.41) is 0. The van der Waals surface area contributed by atoms with Gasteiger partial charge in [0.2, 0.25) is 0 Å². The third-order valence-corrected chi connectivity index (χ3v) is 1.50. The first-order valence-corrected chi connectivity index (χ1v) is 3.42. The van der Waals surface area contributed by atoms with Crippen molar-refractivity contribution < 1.29 is 9.18 Å². The Hall–Kier alpha value is -1.42. The van der Waals surface area contributed by atoms with E-state index in [0.717, 1.165) is 5.56 Å². The SMILES string of the molecule is Cc1ccc(C(=O)NN)c(F)c1. The summed E-state index contributed by atoms with van der Waals surface area (Å²) in [4.78, 5) is 10.9. The molecule has 12 heavy (non-hydrogen) atoms. The number of nitrogens with two attached hydrogens (primary N) is 1. The summed E-state index contributed by atoms with van der Waals surface area (Å²) in [5.74, 6) is 3.67. The van der Waals surface area contributed by atoms with Crippen LogP contribution < -0.4 is 11.3 Å². The fraction of sp³-hybridized carbons (Fsp3) is 0.125. The lowest BCUT2D eigenvalue weighted by molar-refractivity contribution is 0.0949. The number of aryl methyl sites for hydroxylation is 1. The highest BCUT2D eigenvalue weighted by Crippen LogP contribution is 2.08. The molecule has 1 aromatic carbocycles. The van der Waals surface area contributed by atoms with Crippen molar-refractivity contribution >= 4 is 5.91 Å². The molecule has 3 nitrogen and oxygen atoms in total. The molecule has 3 N–H and O–H groups in total. The van der Waals surface area contributed by atoms with Gasteiger partial charge in [-0.3, -0.25) is 10.2 Å².